The van der Waals surface area contributed by atoms with Gasteiger partial charge in [-0.2, -0.15) is 0 Å². The Hall–Kier alpha value is -1.88. The van der Waals surface area contributed by atoms with Gasteiger partial charge in [0.2, 0.25) is 0 Å². The predicted octanol–water partition coefficient (Wildman–Crippen LogP) is 2.14. The van der Waals surface area contributed by atoms with Crippen molar-refractivity contribution < 1.29 is 14.7 Å². The molecule has 0 radical (unpaired) electrons. The van der Waals surface area contributed by atoms with Crippen LogP contribution in [-0.2, 0) is 9.53 Å². The number of aliphatic imine (C=N–C) groups is 1. The van der Waals surface area contributed by atoms with Gasteiger partial charge in [0.25, 0.3) is 0 Å². The average molecular weight is 248 g/mol. The summed E-state index contributed by atoms with van der Waals surface area (Å²) in [7, 11) is 0. The van der Waals surface area contributed by atoms with E-state index in [-0.39, 0.29) is 11.9 Å². The van der Waals surface area contributed by atoms with Crippen LogP contribution in [0.4, 0.5) is 5.69 Å². The van der Waals surface area contributed by atoms with Gasteiger partial charge in [0, 0.05) is 12.3 Å². The molecule has 1 aromatic rings. The first kappa shape index (κ1) is 12.6. The number of carbonyl (C=O) groups excluding carboxylic acids is 1. The number of amidine groups is 1. The van der Waals surface area contributed by atoms with E-state index in [1.807, 2.05) is 24.3 Å². The van der Waals surface area contributed by atoms with Crippen LogP contribution in [0.1, 0.15) is 31.2 Å². The molecule has 5 heteroatoms. The maximum atomic E-state index is 11.4. The Balaban J connectivity index is 2.07. The van der Waals surface area contributed by atoms with E-state index in [0.29, 0.717) is 25.3 Å². The molecule has 1 aromatic carbocycles. The first-order chi connectivity index (χ1) is 8.76. The molecule has 1 atom stereocenters. The Morgan fingerprint density at radius 1 is 1.50 bits per heavy atom. The lowest BCUT2D eigenvalue weighted by molar-refractivity contribution is -0.143. The standard InChI is InChI=1S/C13H16N2O3/c1-2-18-12(16)8-7-10-9-5-3-4-6-11(9)14-13(10)15-17/h3-6,10,17H,2,7-8H2,1H3,(H,14,15). The first-order valence-corrected chi connectivity index (χ1v) is 5.99. The van der Waals surface area contributed by atoms with Crippen LogP contribution in [0.3, 0.4) is 0 Å². The minimum absolute atomic E-state index is 0.0735. The van der Waals surface area contributed by atoms with Crippen LogP contribution in [0.5, 0.6) is 0 Å². The zero-order valence-corrected chi connectivity index (χ0v) is 10.2. The zero-order valence-electron chi connectivity index (χ0n) is 10.2. The molecule has 2 N–H and O–H groups in total. The average Bonchev–Trinajstić information content (AvgIpc) is 2.74. The van der Waals surface area contributed by atoms with Crippen LogP contribution in [0, 0.1) is 0 Å². The number of esters is 1. The lowest BCUT2D eigenvalue weighted by Gasteiger charge is -2.12. The SMILES string of the molecule is CCOC(=O)CCC1C(NO)=Nc2ccccc21. The molecule has 2 rings (SSSR count). The second kappa shape index (κ2) is 5.64. The van der Waals surface area contributed by atoms with E-state index in [1.165, 1.54) is 0 Å². The minimum Gasteiger partial charge on any atom is -0.466 e. The number of hydrogen-bond acceptors (Lipinski definition) is 5. The number of rotatable bonds is 4. The normalized spacial score (nSPS) is 17.0. The summed E-state index contributed by atoms with van der Waals surface area (Å²) in [5, 5.41) is 9.08. The number of nitrogens with zero attached hydrogens (tertiary/aromatic N) is 1. The van der Waals surface area contributed by atoms with E-state index in [2.05, 4.69) is 10.5 Å². The van der Waals surface area contributed by atoms with E-state index in [9.17, 15) is 4.79 Å². The fourth-order valence-electron chi connectivity index (χ4n) is 2.13. The van der Waals surface area contributed by atoms with Crippen molar-refractivity contribution in [2.45, 2.75) is 25.7 Å². The molecule has 18 heavy (non-hydrogen) atoms. The van der Waals surface area contributed by atoms with E-state index in [4.69, 9.17) is 9.94 Å². The summed E-state index contributed by atoms with van der Waals surface area (Å²) in [5.41, 5.74) is 3.98. The third-order valence-corrected chi connectivity index (χ3v) is 2.94. The maximum Gasteiger partial charge on any atom is 0.305 e. The van der Waals surface area contributed by atoms with E-state index in [1.54, 1.807) is 6.92 Å². The number of fused-ring (bicyclic) bond motifs is 1. The van der Waals surface area contributed by atoms with Crippen molar-refractivity contribution in [1.82, 2.24) is 5.48 Å². The molecular weight excluding hydrogens is 232 g/mol. The Bertz CT molecular complexity index is 471. The van der Waals surface area contributed by atoms with Crippen molar-refractivity contribution in [1.29, 1.82) is 0 Å². The molecule has 1 heterocycles. The van der Waals surface area contributed by atoms with Crippen molar-refractivity contribution in [3.8, 4) is 0 Å². The van der Waals surface area contributed by atoms with Crippen LogP contribution in [0.2, 0.25) is 0 Å². The summed E-state index contributed by atoms with van der Waals surface area (Å²) in [4.78, 5) is 15.6. The first-order valence-electron chi connectivity index (χ1n) is 5.99. The summed E-state index contributed by atoms with van der Waals surface area (Å²) in [6.07, 6.45) is 0.885. The number of hydroxylamine groups is 1. The largest absolute Gasteiger partial charge is 0.466 e. The summed E-state index contributed by atoms with van der Waals surface area (Å²) >= 11 is 0. The fourth-order valence-corrected chi connectivity index (χ4v) is 2.13. The molecule has 1 aliphatic rings. The number of para-hydroxylation sites is 1. The summed E-state index contributed by atoms with van der Waals surface area (Å²) in [5.74, 6) is 0.190. The third kappa shape index (κ3) is 2.51. The molecule has 1 unspecified atom stereocenters. The van der Waals surface area contributed by atoms with E-state index >= 15 is 0 Å². The third-order valence-electron chi connectivity index (χ3n) is 2.94. The van der Waals surface area contributed by atoms with Gasteiger partial charge in [0.15, 0.2) is 0 Å². The molecule has 0 fully saturated rings. The molecule has 5 nitrogen and oxygen atoms in total. The Kier molecular flexibility index (Phi) is 3.94. The van der Waals surface area contributed by atoms with Crippen molar-refractivity contribution >= 4 is 17.5 Å². The van der Waals surface area contributed by atoms with Gasteiger partial charge in [-0.3, -0.25) is 15.5 Å². The Morgan fingerprint density at radius 2 is 2.28 bits per heavy atom. The van der Waals surface area contributed by atoms with Crippen molar-refractivity contribution in [3.63, 3.8) is 0 Å². The van der Waals surface area contributed by atoms with Crippen LogP contribution in [-0.4, -0.2) is 23.6 Å². The molecule has 0 saturated carbocycles. The number of ether oxygens (including phenoxy) is 1. The molecule has 96 valence electrons. The molecular formula is C13H16N2O3. The van der Waals surface area contributed by atoms with Gasteiger partial charge in [-0.15, -0.1) is 0 Å². The van der Waals surface area contributed by atoms with Crippen LogP contribution in [0.15, 0.2) is 29.3 Å². The van der Waals surface area contributed by atoms with Gasteiger partial charge in [-0.05, 0) is 25.0 Å². The van der Waals surface area contributed by atoms with Gasteiger partial charge < -0.3 is 4.74 Å². The molecule has 0 spiro atoms. The van der Waals surface area contributed by atoms with Crippen LogP contribution >= 0.6 is 0 Å². The predicted molar refractivity (Wildman–Crippen MR) is 67.1 cm³/mol. The van der Waals surface area contributed by atoms with E-state index in [0.717, 1.165) is 11.3 Å². The molecule has 0 aromatic heterocycles. The maximum absolute atomic E-state index is 11.4. The number of carbonyl (C=O) groups is 1. The second-order valence-electron chi connectivity index (χ2n) is 4.06. The number of hydrogen-bond donors (Lipinski definition) is 2. The molecule has 0 amide bonds. The van der Waals surface area contributed by atoms with Crippen molar-refractivity contribution in [3.05, 3.63) is 29.8 Å². The zero-order chi connectivity index (χ0) is 13.0. The van der Waals surface area contributed by atoms with Crippen LogP contribution < -0.4 is 5.48 Å². The Labute approximate surface area is 105 Å². The van der Waals surface area contributed by atoms with Gasteiger partial charge >= 0.3 is 5.97 Å². The highest BCUT2D eigenvalue weighted by molar-refractivity contribution is 5.96. The number of nitrogens with one attached hydrogen (secondary N) is 1. The monoisotopic (exact) mass is 248 g/mol. The van der Waals surface area contributed by atoms with Crippen molar-refractivity contribution in [2.75, 3.05) is 6.61 Å². The van der Waals surface area contributed by atoms with Crippen molar-refractivity contribution in [2.24, 2.45) is 4.99 Å². The number of benzene rings is 1. The van der Waals surface area contributed by atoms with E-state index < -0.39 is 0 Å². The molecule has 1 aliphatic heterocycles. The summed E-state index contributed by atoms with van der Waals surface area (Å²) in [6, 6.07) is 7.66. The van der Waals surface area contributed by atoms with Crippen LogP contribution in [0.25, 0.3) is 0 Å². The molecule has 0 aliphatic carbocycles. The molecule has 0 bridgehead atoms. The topological polar surface area (TPSA) is 70.9 Å². The lowest BCUT2D eigenvalue weighted by Crippen LogP contribution is -2.24. The van der Waals surface area contributed by atoms with Gasteiger partial charge in [0.1, 0.15) is 5.84 Å². The highest BCUT2D eigenvalue weighted by Crippen LogP contribution is 2.36. The quantitative estimate of drug-likeness (QED) is 0.632. The minimum atomic E-state index is -0.223. The van der Waals surface area contributed by atoms with Gasteiger partial charge in [-0.1, -0.05) is 18.2 Å². The highest BCUT2D eigenvalue weighted by Gasteiger charge is 2.27. The molecule has 0 saturated heterocycles. The smallest absolute Gasteiger partial charge is 0.305 e. The Morgan fingerprint density at radius 3 is 3.00 bits per heavy atom. The second-order valence-corrected chi connectivity index (χ2v) is 4.06. The summed E-state index contributed by atoms with van der Waals surface area (Å²) < 4.78 is 4.90. The summed E-state index contributed by atoms with van der Waals surface area (Å²) in [6.45, 7) is 2.17. The van der Waals surface area contributed by atoms with Gasteiger partial charge in [0.05, 0.1) is 12.3 Å². The van der Waals surface area contributed by atoms with Gasteiger partial charge in [-0.25, -0.2) is 4.99 Å². The lowest BCUT2D eigenvalue weighted by atomic mass is 9.94. The highest BCUT2D eigenvalue weighted by atomic mass is 16.5. The fraction of sp³-hybridized carbons (Fsp3) is 0.385.